The second-order valence-corrected chi connectivity index (χ2v) is 9.99. The topological polar surface area (TPSA) is 76.1 Å². The molecule has 41 heavy (non-hydrogen) atoms. The molecule has 1 amide bonds. The van der Waals surface area contributed by atoms with Crippen molar-refractivity contribution in [2.45, 2.75) is 39.0 Å². The van der Waals surface area contributed by atoms with E-state index in [1.807, 2.05) is 91.0 Å². The van der Waals surface area contributed by atoms with Crippen LogP contribution >= 0.6 is 0 Å². The van der Waals surface area contributed by atoms with Gasteiger partial charge in [-0.05, 0) is 47.4 Å². The standard InChI is InChI=1S/C35H33NO5/c1-2-3-21-40-30-16-10-15-28(22-30)33(37)31-32(36(35(39)34(31)38)23-25-11-6-4-7-12-25)27-17-19-29(20-18-27)41-24-26-13-8-5-9-14-26/h4-20,22,32,37H,2-3,21,23-24H2,1H3/b33-31+. The van der Waals surface area contributed by atoms with Gasteiger partial charge in [-0.2, -0.15) is 0 Å². The van der Waals surface area contributed by atoms with Crippen LogP contribution in [0.2, 0.25) is 0 Å². The Labute approximate surface area is 240 Å². The Bertz CT molecular complexity index is 1510. The van der Waals surface area contributed by atoms with Gasteiger partial charge in [-0.1, -0.05) is 98.3 Å². The molecule has 1 fully saturated rings. The van der Waals surface area contributed by atoms with Crippen molar-refractivity contribution in [2.75, 3.05) is 6.61 Å². The van der Waals surface area contributed by atoms with Crippen molar-refractivity contribution in [2.24, 2.45) is 0 Å². The first kappa shape index (κ1) is 27.7. The van der Waals surface area contributed by atoms with Crippen LogP contribution in [0.15, 0.2) is 115 Å². The van der Waals surface area contributed by atoms with Crippen LogP contribution in [-0.2, 0) is 22.7 Å². The van der Waals surface area contributed by atoms with Crippen molar-refractivity contribution >= 4 is 17.4 Å². The molecule has 1 unspecified atom stereocenters. The number of aliphatic hydroxyl groups is 1. The van der Waals surface area contributed by atoms with E-state index in [-0.39, 0.29) is 17.9 Å². The Morgan fingerprint density at radius 1 is 0.780 bits per heavy atom. The van der Waals surface area contributed by atoms with Gasteiger partial charge in [0.05, 0.1) is 18.2 Å². The molecule has 6 heteroatoms. The zero-order chi connectivity index (χ0) is 28.6. The molecule has 4 aromatic carbocycles. The summed E-state index contributed by atoms with van der Waals surface area (Å²) in [5.74, 6) is -0.341. The van der Waals surface area contributed by atoms with Gasteiger partial charge in [-0.3, -0.25) is 9.59 Å². The third-order valence-corrected chi connectivity index (χ3v) is 7.05. The number of unbranched alkanes of at least 4 members (excludes halogenated alkanes) is 1. The summed E-state index contributed by atoms with van der Waals surface area (Å²) in [6, 6.07) is 32.9. The van der Waals surface area contributed by atoms with E-state index in [0.717, 1.165) is 24.0 Å². The highest BCUT2D eigenvalue weighted by atomic mass is 16.5. The van der Waals surface area contributed by atoms with E-state index in [2.05, 4.69) is 6.92 Å². The first-order valence-corrected chi connectivity index (χ1v) is 13.9. The second-order valence-electron chi connectivity index (χ2n) is 9.99. The molecule has 0 radical (unpaired) electrons. The lowest BCUT2D eigenvalue weighted by Gasteiger charge is -2.25. The first-order chi connectivity index (χ1) is 20.0. The molecule has 1 aliphatic heterocycles. The van der Waals surface area contributed by atoms with Gasteiger partial charge in [0.25, 0.3) is 11.7 Å². The van der Waals surface area contributed by atoms with E-state index >= 15 is 0 Å². The Morgan fingerprint density at radius 2 is 1.46 bits per heavy atom. The number of rotatable bonds is 11. The van der Waals surface area contributed by atoms with E-state index in [1.165, 1.54) is 4.90 Å². The summed E-state index contributed by atoms with van der Waals surface area (Å²) in [5, 5.41) is 11.5. The normalized spacial score (nSPS) is 16.1. The summed E-state index contributed by atoms with van der Waals surface area (Å²) in [5.41, 5.74) is 3.10. The summed E-state index contributed by atoms with van der Waals surface area (Å²) < 4.78 is 11.8. The minimum absolute atomic E-state index is 0.0505. The number of likely N-dealkylation sites (tertiary alicyclic amines) is 1. The molecule has 0 saturated carbocycles. The smallest absolute Gasteiger partial charge is 0.295 e. The zero-order valence-corrected chi connectivity index (χ0v) is 23.0. The molecule has 1 saturated heterocycles. The van der Waals surface area contributed by atoms with Crippen molar-refractivity contribution in [3.8, 4) is 11.5 Å². The molecule has 4 aromatic rings. The maximum absolute atomic E-state index is 13.5. The molecule has 6 nitrogen and oxygen atoms in total. The van der Waals surface area contributed by atoms with Crippen molar-refractivity contribution < 1.29 is 24.2 Å². The fourth-order valence-corrected chi connectivity index (χ4v) is 4.88. The van der Waals surface area contributed by atoms with Crippen LogP contribution in [0.5, 0.6) is 11.5 Å². The Balaban J connectivity index is 1.49. The molecule has 0 bridgehead atoms. The fraction of sp³-hybridized carbons (Fsp3) is 0.200. The SMILES string of the molecule is CCCCOc1cccc(/C(O)=C2\C(=O)C(=O)N(Cc3ccccc3)C2c2ccc(OCc3ccccc3)cc2)c1. The van der Waals surface area contributed by atoms with Crippen LogP contribution in [0, 0.1) is 0 Å². The van der Waals surface area contributed by atoms with Gasteiger partial charge in [-0.25, -0.2) is 0 Å². The Kier molecular flexibility index (Phi) is 8.79. The summed E-state index contributed by atoms with van der Waals surface area (Å²) >= 11 is 0. The number of benzene rings is 4. The lowest BCUT2D eigenvalue weighted by atomic mass is 9.95. The number of hydrogen-bond acceptors (Lipinski definition) is 5. The number of Topliss-reactive ketones (excluding diaryl/α,β-unsaturated/α-hetero) is 1. The quantitative estimate of drug-likeness (QED) is 0.0941. The van der Waals surface area contributed by atoms with E-state index in [9.17, 15) is 14.7 Å². The molecule has 0 aromatic heterocycles. The maximum Gasteiger partial charge on any atom is 0.295 e. The van der Waals surface area contributed by atoms with Gasteiger partial charge in [0.2, 0.25) is 0 Å². The van der Waals surface area contributed by atoms with Crippen LogP contribution in [0.25, 0.3) is 5.76 Å². The van der Waals surface area contributed by atoms with Gasteiger partial charge >= 0.3 is 0 Å². The lowest BCUT2D eigenvalue weighted by Crippen LogP contribution is -2.29. The van der Waals surface area contributed by atoms with E-state index < -0.39 is 17.7 Å². The van der Waals surface area contributed by atoms with Crippen LogP contribution in [-0.4, -0.2) is 28.3 Å². The first-order valence-electron chi connectivity index (χ1n) is 13.9. The van der Waals surface area contributed by atoms with Gasteiger partial charge in [0.15, 0.2) is 0 Å². The number of nitrogens with zero attached hydrogens (tertiary/aromatic N) is 1. The average molecular weight is 548 g/mol. The van der Waals surface area contributed by atoms with Crippen molar-refractivity contribution in [1.29, 1.82) is 0 Å². The number of carbonyl (C=O) groups is 2. The molecular formula is C35H33NO5. The number of ether oxygens (including phenoxy) is 2. The summed E-state index contributed by atoms with van der Waals surface area (Å²) in [4.78, 5) is 28.4. The van der Waals surface area contributed by atoms with Gasteiger partial charge in [-0.15, -0.1) is 0 Å². The van der Waals surface area contributed by atoms with Crippen molar-refractivity contribution in [3.05, 3.63) is 137 Å². The summed E-state index contributed by atoms with van der Waals surface area (Å²) in [6.45, 7) is 3.28. The molecule has 0 aliphatic carbocycles. The largest absolute Gasteiger partial charge is 0.507 e. The summed E-state index contributed by atoms with van der Waals surface area (Å²) in [6.07, 6.45) is 1.91. The van der Waals surface area contributed by atoms with Crippen molar-refractivity contribution in [3.63, 3.8) is 0 Å². The lowest BCUT2D eigenvalue weighted by molar-refractivity contribution is -0.140. The van der Waals surface area contributed by atoms with E-state index in [4.69, 9.17) is 9.47 Å². The van der Waals surface area contributed by atoms with Crippen LogP contribution < -0.4 is 9.47 Å². The van der Waals surface area contributed by atoms with Gasteiger partial charge in [0, 0.05) is 12.1 Å². The average Bonchev–Trinajstić information content (AvgIpc) is 3.26. The molecule has 208 valence electrons. The zero-order valence-electron chi connectivity index (χ0n) is 23.0. The third kappa shape index (κ3) is 6.49. The second kappa shape index (κ2) is 13.0. The minimum Gasteiger partial charge on any atom is -0.507 e. The van der Waals surface area contributed by atoms with Gasteiger partial charge < -0.3 is 19.5 Å². The highest BCUT2D eigenvalue weighted by Crippen LogP contribution is 2.41. The predicted molar refractivity (Wildman–Crippen MR) is 158 cm³/mol. The molecule has 1 atom stereocenters. The van der Waals surface area contributed by atoms with Gasteiger partial charge in [0.1, 0.15) is 23.9 Å². The Morgan fingerprint density at radius 3 is 2.15 bits per heavy atom. The predicted octanol–water partition coefficient (Wildman–Crippen LogP) is 7.07. The van der Waals surface area contributed by atoms with Crippen LogP contribution in [0.1, 0.15) is 48.1 Å². The van der Waals surface area contributed by atoms with Crippen LogP contribution in [0.4, 0.5) is 0 Å². The highest BCUT2D eigenvalue weighted by Gasteiger charge is 2.46. The molecule has 1 N–H and O–H groups in total. The highest BCUT2D eigenvalue weighted by molar-refractivity contribution is 6.46. The number of hydrogen-bond donors (Lipinski definition) is 1. The number of amides is 1. The van der Waals surface area contributed by atoms with Crippen molar-refractivity contribution in [1.82, 2.24) is 4.90 Å². The maximum atomic E-state index is 13.5. The fourth-order valence-electron chi connectivity index (χ4n) is 4.88. The molecule has 0 spiro atoms. The summed E-state index contributed by atoms with van der Waals surface area (Å²) in [7, 11) is 0. The minimum atomic E-state index is -0.775. The molecular weight excluding hydrogens is 514 g/mol. The third-order valence-electron chi connectivity index (χ3n) is 7.05. The number of aliphatic hydroxyl groups excluding tert-OH is 1. The van der Waals surface area contributed by atoms with E-state index in [1.54, 1.807) is 18.2 Å². The monoisotopic (exact) mass is 547 g/mol. The molecule has 1 aliphatic rings. The number of ketones is 1. The number of carbonyl (C=O) groups excluding carboxylic acids is 2. The Hall–Kier alpha value is -4.84. The molecule has 5 rings (SSSR count). The molecule has 1 heterocycles. The van der Waals surface area contributed by atoms with Crippen LogP contribution in [0.3, 0.4) is 0 Å². The van der Waals surface area contributed by atoms with E-state index in [0.29, 0.717) is 35.8 Å².